The van der Waals surface area contributed by atoms with Crippen LogP contribution in [0.1, 0.15) is 22.8 Å². The van der Waals surface area contributed by atoms with E-state index in [0.29, 0.717) is 37.4 Å². The smallest absolute Gasteiger partial charge is 0.211 e. The van der Waals surface area contributed by atoms with Crippen LogP contribution in [-0.2, 0) is 17.8 Å². The molecule has 1 unspecified atom stereocenters. The molecule has 0 aromatic heterocycles. The molecule has 4 aromatic carbocycles. The molecule has 0 radical (unpaired) electrons. The number of carbonyl (C=O) groups is 1. The van der Waals surface area contributed by atoms with Crippen molar-refractivity contribution < 1.29 is 24.5 Å². The van der Waals surface area contributed by atoms with E-state index in [1.807, 2.05) is 66.7 Å². The molecule has 0 aliphatic heterocycles. The van der Waals surface area contributed by atoms with E-state index in [9.17, 15) is 15.0 Å². The number of aliphatic hydroxyl groups excluding tert-OH is 1. The first kappa shape index (κ1) is 27.7. The lowest BCUT2D eigenvalue weighted by molar-refractivity contribution is -0.105. The first-order valence-electron chi connectivity index (χ1n) is 12.7. The van der Waals surface area contributed by atoms with Crippen LogP contribution in [0.3, 0.4) is 0 Å². The van der Waals surface area contributed by atoms with Gasteiger partial charge >= 0.3 is 0 Å². The Balaban J connectivity index is 1.31. The van der Waals surface area contributed by atoms with Gasteiger partial charge in [0.15, 0.2) is 0 Å². The van der Waals surface area contributed by atoms with E-state index in [2.05, 4.69) is 10.6 Å². The Bertz CT molecular complexity index is 1370. The largest absolute Gasteiger partial charge is 0.506 e. The van der Waals surface area contributed by atoms with Crippen molar-refractivity contribution in [2.24, 2.45) is 5.73 Å². The van der Waals surface area contributed by atoms with Gasteiger partial charge in [-0.1, -0.05) is 42.5 Å². The zero-order chi connectivity index (χ0) is 27.6. The Hall–Kier alpha value is -4.37. The molecule has 0 aliphatic carbocycles. The molecule has 0 spiro atoms. The van der Waals surface area contributed by atoms with Gasteiger partial charge < -0.3 is 36.1 Å². The van der Waals surface area contributed by atoms with Crippen LogP contribution < -0.4 is 25.8 Å². The normalized spacial score (nSPS) is 11.6. The number of carbonyl (C=O) groups excluding carboxylic acids is 1. The lowest BCUT2D eigenvalue weighted by atomic mass is 10.0. The van der Waals surface area contributed by atoms with Gasteiger partial charge in [-0.3, -0.25) is 4.79 Å². The van der Waals surface area contributed by atoms with E-state index in [0.717, 1.165) is 40.2 Å². The van der Waals surface area contributed by atoms with E-state index in [-0.39, 0.29) is 11.4 Å². The van der Waals surface area contributed by atoms with Crippen molar-refractivity contribution in [3.05, 3.63) is 102 Å². The van der Waals surface area contributed by atoms with Crippen LogP contribution in [0.5, 0.6) is 23.0 Å². The number of hydrogen-bond donors (Lipinski definition) is 5. The SMILES string of the molecule is COc1ccc(Oc2ccc(CCNCC(O)c3ccc(O)c(NC=O)c3)cc2)cc1-c1ccc(CN)cc1. The van der Waals surface area contributed by atoms with E-state index in [1.54, 1.807) is 19.2 Å². The lowest BCUT2D eigenvalue weighted by Gasteiger charge is -2.14. The average Bonchev–Trinajstić information content (AvgIpc) is 2.97. The number of ether oxygens (including phenoxy) is 2. The molecule has 39 heavy (non-hydrogen) atoms. The van der Waals surface area contributed by atoms with Crippen molar-refractivity contribution in [1.82, 2.24) is 5.32 Å². The van der Waals surface area contributed by atoms with Crippen LogP contribution in [-0.4, -0.2) is 36.8 Å². The Morgan fingerprint density at radius 3 is 2.33 bits per heavy atom. The zero-order valence-electron chi connectivity index (χ0n) is 21.8. The number of anilines is 1. The third-order valence-corrected chi connectivity index (χ3v) is 6.38. The van der Waals surface area contributed by atoms with Crippen LogP contribution in [0.25, 0.3) is 11.1 Å². The maximum atomic E-state index is 10.7. The molecule has 8 nitrogen and oxygen atoms in total. The molecular formula is C31H33N3O5. The summed E-state index contributed by atoms with van der Waals surface area (Å²) in [6.45, 7) is 1.50. The molecule has 0 saturated heterocycles. The number of phenols is 1. The molecule has 6 N–H and O–H groups in total. The standard InChI is InChI=1S/C31H33N3O5/c1-38-31-13-11-26(17-27(31)23-6-2-22(18-32)3-7-23)39-25-9-4-21(5-10-25)14-15-33-19-30(37)24-8-12-29(36)28(16-24)34-20-35/h2-13,16-17,20,30,33,36-37H,14-15,18-19,32H2,1H3,(H,34,35). The van der Waals surface area contributed by atoms with Gasteiger partial charge in [0.25, 0.3) is 0 Å². The minimum atomic E-state index is -0.776. The van der Waals surface area contributed by atoms with Gasteiger partial charge in [0, 0.05) is 18.7 Å². The predicted octanol–water partition coefficient (Wildman–Crippen LogP) is 4.75. The zero-order valence-corrected chi connectivity index (χ0v) is 21.8. The van der Waals surface area contributed by atoms with E-state index < -0.39 is 6.10 Å². The third kappa shape index (κ3) is 7.36. The number of aromatic hydroxyl groups is 1. The van der Waals surface area contributed by atoms with Crippen molar-refractivity contribution in [1.29, 1.82) is 0 Å². The van der Waals surface area contributed by atoms with Gasteiger partial charge in [-0.05, 0) is 77.7 Å². The summed E-state index contributed by atoms with van der Waals surface area (Å²) in [7, 11) is 1.65. The summed E-state index contributed by atoms with van der Waals surface area (Å²) in [6, 6.07) is 26.3. The fraction of sp³-hybridized carbons (Fsp3) is 0.194. The van der Waals surface area contributed by atoms with Crippen LogP contribution in [0.2, 0.25) is 0 Å². The van der Waals surface area contributed by atoms with E-state index in [4.69, 9.17) is 15.2 Å². The summed E-state index contributed by atoms with van der Waals surface area (Å²) in [6.07, 6.45) is 0.477. The van der Waals surface area contributed by atoms with Crippen molar-refractivity contribution >= 4 is 12.1 Å². The third-order valence-electron chi connectivity index (χ3n) is 6.38. The number of methoxy groups -OCH3 is 1. The second-order valence-corrected chi connectivity index (χ2v) is 9.02. The van der Waals surface area contributed by atoms with Gasteiger partial charge in [0.05, 0.1) is 18.9 Å². The highest BCUT2D eigenvalue weighted by molar-refractivity contribution is 5.75. The fourth-order valence-electron chi connectivity index (χ4n) is 4.19. The number of hydrogen-bond acceptors (Lipinski definition) is 7. The minimum Gasteiger partial charge on any atom is -0.506 e. The van der Waals surface area contributed by atoms with Crippen molar-refractivity contribution in [2.75, 3.05) is 25.5 Å². The molecule has 202 valence electrons. The number of nitrogens with two attached hydrogens (primary N) is 1. The Labute approximate surface area is 228 Å². The first-order valence-corrected chi connectivity index (χ1v) is 12.7. The lowest BCUT2D eigenvalue weighted by Crippen LogP contribution is -2.23. The molecule has 1 amide bonds. The first-order chi connectivity index (χ1) is 19.0. The Kier molecular flexibility index (Phi) is 9.53. The quantitative estimate of drug-likeness (QED) is 0.0965. The number of benzene rings is 4. The van der Waals surface area contributed by atoms with Crippen LogP contribution in [0.4, 0.5) is 5.69 Å². The van der Waals surface area contributed by atoms with Gasteiger partial charge in [-0.25, -0.2) is 0 Å². The Morgan fingerprint density at radius 1 is 0.923 bits per heavy atom. The van der Waals surface area contributed by atoms with Crippen molar-refractivity contribution in [3.63, 3.8) is 0 Å². The number of nitrogens with one attached hydrogen (secondary N) is 2. The molecule has 8 heteroatoms. The van der Waals surface area contributed by atoms with Gasteiger partial charge in [-0.15, -0.1) is 0 Å². The molecule has 1 atom stereocenters. The highest BCUT2D eigenvalue weighted by Gasteiger charge is 2.11. The fourth-order valence-corrected chi connectivity index (χ4v) is 4.19. The van der Waals surface area contributed by atoms with Crippen LogP contribution in [0.15, 0.2) is 84.9 Å². The highest BCUT2D eigenvalue weighted by atomic mass is 16.5. The average molecular weight is 528 g/mol. The van der Waals surface area contributed by atoms with E-state index in [1.165, 1.54) is 6.07 Å². The molecule has 0 saturated carbocycles. The maximum absolute atomic E-state index is 10.7. The summed E-state index contributed by atoms with van der Waals surface area (Å²) in [5.41, 5.74) is 10.7. The topological polar surface area (TPSA) is 126 Å². The summed E-state index contributed by atoms with van der Waals surface area (Å²) in [5.74, 6) is 2.14. The van der Waals surface area contributed by atoms with Gasteiger partial charge in [-0.2, -0.15) is 0 Å². The van der Waals surface area contributed by atoms with Crippen LogP contribution >= 0.6 is 0 Å². The molecule has 0 bridgehead atoms. The monoisotopic (exact) mass is 527 g/mol. The molecule has 0 aliphatic rings. The number of aliphatic hydroxyl groups is 1. The van der Waals surface area contributed by atoms with Gasteiger partial charge in [0.1, 0.15) is 23.0 Å². The molecule has 4 aromatic rings. The predicted molar refractivity (Wildman–Crippen MR) is 152 cm³/mol. The summed E-state index contributed by atoms with van der Waals surface area (Å²) in [5, 5.41) is 25.8. The maximum Gasteiger partial charge on any atom is 0.211 e. The second-order valence-electron chi connectivity index (χ2n) is 9.02. The van der Waals surface area contributed by atoms with E-state index >= 15 is 0 Å². The summed E-state index contributed by atoms with van der Waals surface area (Å²) >= 11 is 0. The summed E-state index contributed by atoms with van der Waals surface area (Å²) < 4.78 is 11.7. The Morgan fingerprint density at radius 2 is 1.64 bits per heavy atom. The highest BCUT2D eigenvalue weighted by Crippen LogP contribution is 2.35. The molecule has 4 rings (SSSR count). The molecule has 0 heterocycles. The van der Waals surface area contributed by atoms with Crippen molar-refractivity contribution in [3.8, 4) is 34.1 Å². The van der Waals surface area contributed by atoms with Crippen LogP contribution in [0, 0.1) is 0 Å². The number of rotatable bonds is 13. The number of phenolic OH excluding ortho intramolecular Hbond substituents is 1. The molecular weight excluding hydrogens is 494 g/mol. The number of amides is 1. The second kappa shape index (κ2) is 13.4. The minimum absolute atomic E-state index is 0.0523. The van der Waals surface area contributed by atoms with Gasteiger partial charge in [0.2, 0.25) is 6.41 Å². The van der Waals surface area contributed by atoms with Crippen molar-refractivity contribution in [2.45, 2.75) is 19.1 Å². The molecule has 0 fully saturated rings. The summed E-state index contributed by atoms with van der Waals surface area (Å²) in [4.78, 5) is 10.7.